The first-order valence-corrected chi connectivity index (χ1v) is 14.4. The fourth-order valence-electron chi connectivity index (χ4n) is 6.18. The summed E-state index contributed by atoms with van der Waals surface area (Å²) in [6.07, 6.45) is 9.25. The Kier molecular flexibility index (Phi) is 7.00. The van der Waals surface area contributed by atoms with Crippen LogP contribution in [0.3, 0.4) is 0 Å². The van der Waals surface area contributed by atoms with Crippen LogP contribution in [0.15, 0.2) is 49.2 Å². The molecule has 4 saturated heterocycles. The van der Waals surface area contributed by atoms with Gasteiger partial charge in [0.1, 0.15) is 11.9 Å². The summed E-state index contributed by atoms with van der Waals surface area (Å²) in [5.41, 5.74) is 3.36. The molecule has 4 aliphatic heterocycles. The molecule has 13 nitrogen and oxygen atoms in total. The third-order valence-electron chi connectivity index (χ3n) is 8.63. The molecule has 0 aliphatic carbocycles. The Labute approximate surface area is 248 Å². The van der Waals surface area contributed by atoms with Crippen LogP contribution in [-0.2, 0) is 6.54 Å². The van der Waals surface area contributed by atoms with Gasteiger partial charge in [-0.2, -0.15) is 10.4 Å². The average molecular weight is 581 g/mol. The van der Waals surface area contributed by atoms with Crippen LogP contribution in [0.2, 0.25) is 0 Å². The van der Waals surface area contributed by atoms with Crippen LogP contribution in [0.4, 0.5) is 10.6 Å². The van der Waals surface area contributed by atoms with Crippen molar-refractivity contribution in [3.63, 3.8) is 0 Å². The van der Waals surface area contributed by atoms with E-state index in [0.29, 0.717) is 59.1 Å². The molecule has 220 valence electrons. The summed E-state index contributed by atoms with van der Waals surface area (Å²) < 4.78 is 12.5. The fourth-order valence-corrected chi connectivity index (χ4v) is 6.18. The number of aromatic nitrogens is 5. The molecule has 0 unspecified atom stereocenters. The lowest BCUT2D eigenvalue weighted by atomic mass is 9.87. The van der Waals surface area contributed by atoms with E-state index in [-0.39, 0.29) is 0 Å². The molecule has 8 heterocycles. The van der Waals surface area contributed by atoms with Gasteiger partial charge in [-0.05, 0) is 25.1 Å². The molecule has 4 aromatic rings. The summed E-state index contributed by atoms with van der Waals surface area (Å²) in [6.45, 7) is 5.40. The maximum atomic E-state index is 12.9. The van der Waals surface area contributed by atoms with E-state index in [0.717, 1.165) is 38.5 Å². The maximum Gasteiger partial charge on any atom is 0.415 e. The summed E-state index contributed by atoms with van der Waals surface area (Å²) in [5, 5.41) is 14.1. The lowest BCUT2D eigenvalue weighted by molar-refractivity contribution is -0.00879. The van der Waals surface area contributed by atoms with E-state index in [9.17, 15) is 10.1 Å². The monoisotopic (exact) mass is 580 g/mol. The molecular formula is C30H32N10O3. The van der Waals surface area contributed by atoms with E-state index in [1.54, 1.807) is 41.2 Å². The van der Waals surface area contributed by atoms with E-state index in [4.69, 9.17) is 19.4 Å². The van der Waals surface area contributed by atoms with Gasteiger partial charge in [0.05, 0.1) is 48.7 Å². The van der Waals surface area contributed by atoms with E-state index >= 15 is 0 Å². The summed E-state index contributed by atoms with van der Waals surface area (Å²) in [7, 11) is 3.65. The number of piperazine rings is 2. The summed E-state index contributed by atoms with van der Waals surface area (Å²) in [5.74, 6) is 1.76. The SMILES string of the molecule is COc1ccc(CN2[C@@H]3C[C@H]2CN(c2cnc(-c4cc(OC(=O)N5CCN(C)CC5)cn5ncc(C#N)c45)cn2)C3)cn1. The predicted molar refractivity (Wildman–Crippen MR) is 157 cm³/mol. The molecule has 2 atom stereocenters. The third kappa shape index (κ3) is 5.19. The molecule has 0 radical (unpaired) electrons. The van der Waals surface area contributed by atoms with Crippen molar-refractivity contribution in [2.75, 3.05) is 58.3 Å². The summed E-state index contributed by atoms with van der Waals surface area (Å²) in [6, 6.07) is 8.79. The molecule has 0 saturated carbocycles. The molecule has 0 aromatic carbocycles. The number of hydrogen-bond donors (Lipinski definition) is 0. The Bertz CT molecular complexity index is 1660. The minimum absolute atomic E-state index is 0.327. The zero-order valence-electron chi connectivity index (χ0n) is 24.1. The van der Waals surface area contributed by atoms with Crippen LogP contribution in [0.1, 0.15) is 17.5 Å². The number of carbonyl (C=O) groups excluding carboxylic acids is 1. The van der Waals surface area contributed by atoms with Gasteiger partial charge in [0.15, 0.2) is 5.75 Å². The van der Waals surface area contributed by atoms with Crippen molar-refractivity contribution in [1.82, 2.24) is 39.3 Å². The Morgan fingerprint density at radius 1 is 1.05 bits per heavy atom. The van der Waals surface area contributed by atoms with Crippen LogP contribution >= 0.6 is 0 Å². The molecule has 4 aromatic heterocycles. The maximum absolute atomic E-state index is 12.9. The smallest absolute Gasteiger partial charge is 0.415 e. The van der Waals surface area contributed by atoms with Gasteiger partial charge in [-0.1, -0.05) is 6.07 Å². The number of carbonyl (C=O) groups is 1. The number of piperidine rings is 1. The van der Waals surface area contributed by atoms with Gasteiger partial charge in [-0.15, -0.1) is 0 Å². The second-order valence-electron chi connectivity index (χ2n) is 11.3. The Morgan fingerprint density at radius 2 is 1.86 bits per heavy atom. The number of fused-ring (bicyclic) bond motifs is 3. The quantitative estimate of drug-likeness (QED) is 0.333. The number of nitrogens with zero attached hydrogens (tertiary/aromatic N) is 10. The number of ether oxygens (including phenoxy) is 2. The number of likely N-dealkylation sites (N-methyl/N-ethyl adjacent to an activating group) is 1. The van der Waals surface area contributed by atoms with E-state index in [1.807, 2.05) is 19.3 Å². The molecule has 4 aliphatic rings. The van der Waals surface area contributed by atoms with Gasteiger partial charge >= 0.3 is 6.09 Å². The standard InChI is InChI=1S/C30H32N10O3/c1-36-5-7-37(8-6-36)30(41)43-24-10-25(29-21(11-31)13-35-40(29)19-24)26-14-33-27(15-32-26)38-17-22-9-23(18-38)39(22)16-20-3-4-28(42-2)34-12-20/h3-4,10,12-15,19,22-23H,5-9,16-18H2,1-2H3/t22-,23+. The first-order valence-electron chi connectivity index (χ1n) is 14.4. The van der Waals surface area contributed by atoms with Crippen molar-refractivity contribution in [2.45, 2.75) is 25.0 Å². The number of hydrogen-bond acceptors (Lipinski definition) is 11. The van der Waals surface area contributed by atoms with Crippen molar-refractivity contribution < 1.29 is 14.3 Å². The first kappa shape index (κ1) is 27.1. The van der Waals surface area contributed by atoms with E-state index in [1.165, 1.54) is 18.2 Å². The number of rotatable bonds is 6. The Balaban J connectivity index is 1.08. The van der Waals surface area contributed by atoms with Crippen LogP contribution in [0.25, 0.3) is 16.8 Å². The number of nitriles is 1. The zero-order valence-corrected chi connectivity index (χ0v) is 24.1. The zero-order chi connectivity index (χ0) is 29.5. The normalized spacial score (nSPS) is 20.5. The average Bonchev–Trinajstić information content (AvgIpc) is 3.47. The van der Waals surface area contributed by atoms with Gasteiger partial charge in [-0.25, -0.2) is 19.3 Å². The highest BCUT2D eigenvalue weighted by Gasteiger charge is 2.44. The molecular weight excluding hydrogens is 548 g/mol. The van der Waals surface area contributed by atoms with Gasteiger partial charge in [0, 0.05) is 75.7 Å². The minimum Gasteiger partial charge on any atom is -0.481 e. The molecule has 1 amide bonds. The molecule has 0 spiro atoms. The predicted octanol–water partition coefficient (Wildman–Crippen LogP) is 2.28. The number of amides is 1. The van der Waals surface area contributed by atoms with Crippen LogP contribution < -0.4 is 14.4 Å². The summed E-state index contributed by atoms with van der Waals surface area (Å²) in [4.78, 5) is 35.4. The lowest BCUT2D eigenvalue weighted by Crippen LogP contribution is -2.68. The Hall–Kier alpha value is -4.80. The molecule has 8 rings (SSSR count). The van der Waals surface area contributed by atoms with Crippen molar-refractivity contribution in [1.29, 1.82) is 5.26 Å². The van der Waals surface area contributed by atoms with Crippen molar-refractivity contribution in [3.05, 3.63) is 60.3 Å². The highest BCUT2D eigenvalue weighted by atomic mass is 16.6. The number of methoxy groups -OCH3 is 1. The van der Waals surface area contributed by atoms with Gasteiger partial charge < -0.3 is 24.2 Å². The van der Waals surface area contributed by atoms with Crippen LogP contribution in [0, 0.1) is 11.3 Å². The largest absolute Gasteiger partial charge is 0.481 e. The molecule has 4 fully saturated rings. The topological polar surface area (TPSA) is 128 Å². The van der Waals surface area contributed by atoms with Gasteiger partial charge in [-0.3, -0.25) is 9.88 Å². The lowest BCUT2D eigenvalue weighted by Gasteiger charge is -2.56. The second-order valence-corrected chi connectivity index (χ2v) is 11.3. The summed E-state index contributed by atoms with van der Waals surface area (Å²) >= 11 is 0. The fraction of sp³-hybridized carbons (Fsp3) is 0.400. The molecule has 0 N–H and O–H groups in total. The Morgan fingerprint density at radius 3 is 2.53 bits per heavy atom. The second kappa shape index (κ2) is 11.1. The van der Waals surface area contributed by atoms with E-state index in [2.05, 4.69) is 36.9 Å². The number of anilines is 1. The minimum atomic E-state index is -0.409. The number of pyridine rings is 2. The van der Waals surface area contributed by atoms with Gasteiger partial charge in [0.2, 0.25) is 5.88 Å². The van der Waals surface area contributed by atoms with Crippen LogP contribution in [-0.4, -0.2) is 111 Å². The molecule has 13 heteroatoms. The molecule has 43 heavy (non-hydrogen) atoms. The van der Waals surface area contributed by atoms with Crippen LogP contribution in [0.5, 0.6) is 11.6 Å². The van der Waals surface area contributed by atoms with Crippen molar-refractivity contribution >= 4 is 17.4 Å². The van der Waals surface area contributed by atoms with Crippen molar-refractivity contribution in [2.24, 2.45) is 0 Å². The highest BCUT2D eigenvalue weighted by molar-refractivity contribution is 5.84. The highest BCUT2D eigenvalue weighted by Crippen LogP contribution is 2.36. The van der Waals surface area contributed by atoms with Gasteiger partial charge in [0.25, 0.3) is 0 Å². The van der Waals surface area contributed by atoms with E-state index < -0.39 is 6.09 Å². The first-order chi connectivity index (χ1) is 21.0. The third-order valence-corrected chi connectivity index (χ3v) is 8.63. The van der Waals surface area contributed by atoms with Crippen molar-refractivity contribution in [3.8, 4) is 29.0 Å². The molecule has 2 bridgehead atoms.